The number of aliphatic carboxylic acids is 1. The summed E-state index contributed by atoms with van der Waals surface area (Å²) in [7, 11) is 0. The van der Waals surface area contributed by atoms with Crippen LogP contribution in [0.3, 0.4) is 0 Å². The summed E-state index contributed by atoms with van der Waals surface area (Å²) in [5.41, 5.74) is 0.772. The minimum absolute atomic E-state index is 0.692. The van der Waals surface area contributed by atoms with Crippen LogP contribution in [-0.2, 0) is 10.2 Å². The molecule has 0 atom stereocenters. The van der Waals surface area contributed by atoms with E-state index in [-0.39, 0.29) is 0 Å². The standard InChI is InChI=1S/C12H12N2O2/c15-11(16)12(5-3-6-12)9-8-14-7-2-1-4-10(14)13-9/h1-2,4,7-8H,3,5-6H2,(H,15,16). The zero-order chi connectivity index (χ0) is 11.2. The average molecular weight is 216 g/mol. The van der Waals surface area contributed by atoms with Crippen LogP contribution in [0.25, 0.3) is 5.65 Å². The van der Waals surface area contributed by atoms with Crippen molar-refractivity contribution in [2.24, 2.45) is 0 Å². The van der Waals surface area contributed by atoms with Crippen LogP contribution < -0.4 is 0 Å². The van der Waals surface area contributed by atoms with Gasteiger partial charge in [-0.1, -0.05) is 12.5 Å². The van der Waals surface area contributed by atoms with E-state index >= 15 is 0 Å². The molecule has 0 amide bonds. The molecule has 0 aromatic carbocycles. The van der Waals surface area contributed by atoms with Crippen molar-refractivity contribution in [3.05, 3.63) is 36.3 Å². The van der Waals surface area contributed by atoms with Crippen molar-refractivity contribution < 1.29 is 9.90 Å². The minimum Gasteiger partial charge on any atom is -0.481 e. The number of carbonyl (C=O) groups is 1. The molecule has 0 radical (unpaired) electrons. The molecule has 1 aliphatic carbocycles. The molecule has 1 fully saturated rings. The number of rotatable bonds is 2. The van der Waals surface area contributed by atoms with Crippen LogP contribution in [0, 0.1) is 0 Å². The van der Waals surface area contributed by atoms with Crippen LogP contribution in [0.5, 0.6) is 0 Å². The zero-order valence-corrected chi connectivity index (χ0v) is 8.76. The first-order valence-electron chi connectivity index (χ1n) is 5.40. The summed E-state index contributed by atoms with van der Waals surface area (Å²) in [5.74, 6) is -0.748. The van der Waals surface area contributed by atoms with E-state index in [1.165, 1.54) is 0 Å². The van der Waals surface area contributed by atoms with Crippen molar-refractivity contribution in [1.29, 1.82) is 0 Å². The average Bonchev–Trinajstić information content (AvgIpc) is 2.58. The van der Waals surface area contributed by atoms with Gasteiger partial charge in [0.15, 0.2) is 0 Å². The SMILES string of the molecule is O=C(O)C1(c2cn3ccccc3n2)CCC1. The molecule has 16 heavy (non-hydrogen) atoms. The fourth-order valence-corrected chi connectivity index (χ4v) is 2.28. The lowest BCUT2D eigenvalue weighted by Gasteiger charge is -2.35. The Balaban J connectivity index is 2.15. The number of imidazole rings is 1. The van der Waals surface area contributed by atoms with Crippen molar-refractivity contribution in [2.75, 3.05) is 0 Å². The first-order chi connectivity index (χ1) is 7.72. The highest BCUT2D eigenvalue weighted by Gasteiger charge is 2.47. The van der Waals surface area contributed by atoms with Crippen LogP contribution in [0.4, 0.5) is 0 Å². The lowest BCUT2D eigenvalue weighted by Crippen LogP contribution is -2.42. The highest BCUT2D eigenvalue weighted by Crippen LogP contribution is 2.43. The Labute approximate surface area is 92.5 Å². The van der Waals surface area contributed by atoms with E-state index < -0.39 is 11.4 Å². The molecule has 2 heterocycles. The van der Waals surface area contributed by atoms with Crippen molar-refractivity contribution in [3.63, 3.8) is 0 Å². The normalized spacial score (nSPS) is 18.2. The molecule has 1 aliphatic rings. The van der Waals surface area contributed by atoms with Gasteiger partial charge in [-0.2, -0.15) is 0 Å². The van der Waals surface area contributed by atoms with E-state index in [1.54, 1.807) is 0 Å². The predicted molar refractivity (Wildman–Crippen MR) is 58.4 cm³/mol. The lowest BCUT2D eigenvalue weighted by molar-refractivity contribution is -0.147. The Morgan fingerprint density at radius 2 is 2.25 bits per heavy atom. The molecule has 2 aromatic rings. The van der Waals surface area contributed by atoms with E-state index in [9.17, 15) is 9.90 Å². The third kappa shape index (κ3) is 1.10. The van der Waals surface area contributed by atoms with Gasteiger partial charge in [-0.05, 0) is 25.0 Å². The smallest absolute Gasteiger partial charge is 0.315 e. The van der Waals surface area contributed by atoms with E-state index in [0.717, 1.165) is 12.1 Å². The number of pyridine rings is 1. The van der Waals surface area contributed by atoms with E-state index in [1.807, 2.05) is 35.0 Å². The Morgan fingerprint density at radius 1 is 1.44 bits per heavy atom. The molecular formula is C12H12N2O2. The third-order valence-corrected chi connectivity index (χ3v) is 3.47. The predicted octanol–water partition coefficient (Wildman–Crippen LogP) is 1.84. The molecule has 82 valence electrons. The van der Waals surface area contributed by atoms with Crippen molar-refractivity contribution in [1.82, 2.24) is 9.38 Å². The van der Waals surface area contributed by atoms with Crippen molar-refractivity contribution in [3.8, 4) is 0 Å². The second-order valence-electron chi connectivity index (χ2n) is 4.33. The van der Waals surface area contributed by atoms with E-state index in [0.29, 0.717) is 18.5 Å². The molecule has 0 spiro atoms. The number of hydrogen-bond donors (Lipinski definition) is 1. The maximum atomic E-state index is 11.3. The first kappa shape index (κ1) is 9.39. The van der Waals surface area contributed by atoms with Gasteiger partial charge in [0.1, 0.15) is 11.1 Å². The van der Waals surface area contributed by atoms with Gasteiger partial charge in [-0.15, -0.1) is 0 Å². The van der Waals surface area contributed by atoms with Gasteiger partial charge in [-0.25, -0.2) is 4.98 Å². The fourth-order valence-electron chi connectivity index (χ4n) is 2.28. The summed E-state index contributed by atoms with van der Waals surface area (Å²) in [6.45, 7) is 0. The molecule has 0 saturated heterocycles. The maximum absolute atomic E-state index is 11.3. The summed E-state index contributed by atoms with van der Waals surface area (Å²) in [4.78, 5) is 15.7. The van der Waals surface area contributed by atoms with Crippen LogP contribution >= 0.6 is 0 Å². The van der Waals surface area contributed by atoms with Crippen LogP contribution in [0.2, 0.25) is 0 Å². The van der Waals surface area contributed by atoms with Crippen molar-refractivity contribution in [2.45, 2.75) is 24.7 Å². The van der Waals surface area contributed by atoms with Gasteiger partial charge >= 0.3 is 5.97 Å². The summed E-state index contributed by atoms with van der Waals surface area (Å²) < 4.78 is 1.87. The second-order valence-corrected chi connectivity index (χ2v) is 4.33. The third-order valence-electron chi connectivity index (χ3n) is 3.47. The van der Waals surface area contributed by atoms with Gasteiger partial charge in [0.2, 0.25) is 0 Å². The molecular weight excluding hydrogens is 204 g/mol. The summed E-state index contributed by atoms with van der Waals surface area (Å²) in [6, 6.07) is 5.70. The van der Waals surface area contributed by atoms with E-state index in [2.05, 4.69) is 4.98 Å². The fraction of sp³-hybridized carbons (Fsp3) is 0.333. The summed E-state index contributed by atoms with van der Waals surface area (Å²) >= 11 is 0. The molecule has 3 rings (SSSR count). The second kappa shape index (κ2) is 3.07. The number of fused-ring (bicyclic) bond motifs is 1. The number of nitrogens with zero attached hydrogens (tertiary/aromatic N) is 2. The monoisotopic (exact) mass is 216 g/mol. The number of carboxylic acids is 1. The Kier molecular flexibility index (Phi) is 1.80. The molecule has 0 aliphatic heterocycles. The number of aromatic nitrogens is 2. The van der Waals surface area contributed by atoms with Gasteiger partial charge in [-0.3, -0.25) is 4.79 Å². The van der Waals surface area contributed by atoms with Crippen LogP contribution in [0.15, 0.2) is 30.6 Å². The quantitative estimate of drug-likeness (QED) is 0.833. The minimum atomic E-state index is -0.748. The molecule has 4 nitrogen and oxygen atoms in total. The van der Waals surface area contributed by atoms with Crippen molar-refractivity contribution >= 4 is 11.6 Å². The molecule has 1 saturated carbocycles. The van der Waals surface area contributed by atoms with Gasteiger partial charge in [0.25, 0.3) is 0 Å². The Bertz CT molecular complexity index is 522. The molecule has 4 heteroatoms. The highest BCUT2D eigenvalue weighted by atomic mass is 16.4. The maximum Gasteiger partial charge on any atom is 0.315 e. The number of carboxylic acid groups (broad SMARTS) is 1. The highest BCUT2D eigenvalue weighted by molar-refractivity contribution is 5.82. The van der Waals surface area contributed by atoms with Gasteiger partial charge < -0.3 is 9.51 Å². The van der Waals surface area contributed by atoms with Crippen LogP contribution in [0.1, 0.15) is 25.0 Å². The van der Waals surface area contributed by atoms with Crippen LogP contribution in [-0.4, -0.2) is 20.5 Å². The number of hydrogen-bond acceptors (Lipinski definition) is 2. The summed E-state index contributed by atoms with van der Waals surface area (Å²) in [5, 5.41) is 9.31. The molecule has 1 N–H and O–H groups in total. The largest absolute Gasteiger partial charge is 0.481 e. The Hall–Kier alpha value is -1.84. The molecule has 0 unspecified atom stereocenters. The van der Waals surface area contributed by atoms with E-state index in [4.69, 9.17) is 0 Å². The first-order valence-corrected chi connectivity index (χ1v) is 5.40. The van der Waals surface area contributed by atoms with Gasteiger partial charge in [0, 0.05) is 12.4 Å². The molecule has 0 bridgehead atoms. The zero-order valence-electron chi connectivity index (χ0n) is 8.76. The molecule has 2 aromatic heterocycles. The van der Waals surface area contributed by atoms with Gasteiger partial charge in [0.05, 0.1) is 5.69 Å². The Morgan fingerprint density at radius 3 is 2.81 bits per heavy atom. The lowest BCUT2D eigenvalue weighted by atomic mass is 9.67. The topological polar surface area (TPSA) is 54.6 Å². The summed E-state index contributed by atoms with van der Waals surface area (Å²) in [6.07, 6.45) is 6.10.